The molecule has 20 heavy (non-hydrogen) atoms. The largest absolute Gasteiger partial charge is 0.468 e. The van der Waals surface area contributed by atoms with Gasteiger partial charge in [-0.25, -0.2) is 8.78 Å². The molecule has 110 valence electrons. The SMILES string of the molecule is COC(=O)[C@@H]1CC(F)(F)CCN1[C@@H](C)c1ccccc1. The Morgan fingerprint density at radius 3 is 2.65 bits per heavy atom. The van der Waals surface area contributed by atoms with Crippen molar-refractivity contribution in [1.29, 1.82) is 0 Å². The monoisotopic (exact) mass is 283 g/mol. The molecule has 1 aliphatic rings. The Bertz CT molecular complexity index is 464. The lowest BCUT2D eigenvalue weighted by atomic mass is 9.94. The third-order valence-electron chi connectivity index (χ3n) is 3.88. The zero-order valence-corrected chi connectivity index (χ0v) is 11.7. The lowest BCUT2D eigenvalue weighted by molar-refractivity contribution is -0.159. The predicted octanol–water partition coefficient (Wildman–Crippen LogP) is 3.02. The number of esters is 1. The van der Waals surface area contributed by atoms with E-state index in [1.54, 1.807) is 4.90 Å². The van der Waals surface area contributed by atoms with Crippen molar-refractivity contribution in [1.82, 2.24) is 4.90 Å². The molecular formula is C15H19F2NO2. The number of ether oxygens (including phenoxy) is 1. The van der Waals surface area contributed by atoms with Crippen molar-refractivity contribution in [2.24, 2.45) is 0 Å². The molecule has 0 saturated carbocycles. The van der Waals surface area contributed by atoms with Crippen molar-refractivity contribution >= 4 is 5.97 Å². The van der Waals surface area contributed by atoms with Gasteiger partial charge < -0.3 is 4.74 Å². The van der Waals surface area contributed by atoms with Crippen LogP contribution in [0.3, 0.4) is 0 Å². The summed E-state index contributed by atoms with van der Waals surface area (Å²) >= 11 is 0. The molecule has 1 saturated heterocycles. The summed E-state index contributed by atoms with van der Waals surface area (Å²) in [5.74, 6) is -3.39. The van der Waals surface area contributed by atoms with Crippen LogP contribution in [0.25, 0.3) is 0 Å². The first-order valence-electron chi connectivity index (χ1n) is 6.71. The second-order valence-electron chi connectivity index (χ2n) is 5.17. The first kappa shape index (κ1) is 14.9. The molecule has 1 aromatic carbocycles. The van der Waals surface area contributed by atoms with E-state index < -0.39 is 24.4 Å². The highest BCUT2D eigenvalue weighted by Crippen LogP contribution is 2.36. The standard InChI is InChI=1S/C15H19F2NO2/c1-11(12-6-4-3-5-7-12)18-9-8-15(16,17)10-13(18)14(19)20-2/h3-7,11,13H,8-10H2,1-2H3/t11-,13-/m0/s1. The second-order valence-corrected chi connectivity index (χ2v) is 5.17. The average molecular weight is 283 g/mol. The van der Waals surface area contributed by atoms with Crippen LogP contribution in [0.1, 0.15) is 31.4 Å². The molecular weight excluding hydrogens is 264 g/mol. The Balaban J connectivity index is 2.22. The van der Waals surface area contributed by atoms with Crippen molar-refractivity contribution < 1.29 is 18.3 Å². The average Bonchev–Trinajstić information content (AvgIpc) is 2.45. The van der Waals surface area contributed by atoms with Gasteiger partial charge in [0.25, 0.3) is 5.92 Å². The summed E-state index contributed by atoms with van der Waals surface area (Å²) in [6.07, 6.45) is -0.700. The van der Waals surface area contributed by atoms with Gasteiger partial charge in [-0.3, -0.25) is 9.69 Å². The van der Waals surface area contributed by atoms with Crippen molar-refractivity contribution in [3.05, 3.63) is 35.9 Å². The number of hydrogen-bond acceptors (Lipinski definition) is 3. The van der Waals surface area contributed by atoms with Crippen molar-refractivity contribution in [3.8, 4) is 0 Å². The van der Waals surface area contributed by atoms with Gasteiger partial charge in [0, 0.05) is 25.4 Å². The molecule has 0 N–H and O–H groups in total. The lowest BCUT2D eigenvalue weighted by Crippen LogP contribution is -2.52. The molecule has 0 bridgehead atoms. The molecule has 0 amide bonds. The number of alkyl halides is 2. The van der Waals surface area contributed by atoms with Crippen LogP contribution in [0.4, 0.5) is 8.78 Å². The van der Waals surface area contributed by atoms with Crippen molar-refractivity contribution in [2.45, 2.75) is 37.8 Å². The predicted molar refractivity (Wildman–Crippen MR) is 71.5 cm³/mol. The summed E-state index contributed by atoms with van der Waals surface area (Å²) in [7, 11) is 1.24. The van der Waals surface area contributed by atoms with Gasteiger partial charge >= 0.3 is 5.97 Å². The molecule has 1 heterocycles. The van der Waals surface area contributed by atoms with E-state index in [4.69, 9.17) is 0 Å². The number of piperidine rings is 1. The molecule has 1 fully saturated rings. The second kappa shape index (κ2) is 5.87. The summed E-state index contributed by atoms with van der Waals surface area (Å²) in [4.78, 5) is 13.6. The number of hydrogen-bond donors (Lipinski definition) is 0. The maximum atomic E-state index is 13.6. The highest BCUT2D eigenvalue weighted by Gasteiger charge is 2.45. The number of carbonyl (C=O) groups excluding carboxylic acids is 1. The minimum absolute atomic E-state index is 0.101. The molecule has 0 aliphatic carbocycles. The molecule has 1 aromatic rings. The molecule has 3 nitrogen and oxygen atoms in total. The fourth-order valence-corrected chi connectivity index (χ4v) is 2.69. The molecule has 0 spiro atoms. The van der Waals surface area contributed by atoms with Crippen LogP contribution >= 0.6 is 0 Å². The number of nitrogens with zero attached hydrogens (tertiary/aromatic N) is 1. The van der Waals surface area contributed by atoms with Gasteiger partial charge in [0.2, 0.25) is 0 Å². The van der Waals surface area contributed by atoms with Crippen LogP contribution in [-0.2, 0) is 9.53 Å². The number of benzene rings is 1. The van der Waals surface area contributed by atoms with E-state index in [0.29, 0.717) is 0 Å². The van der Waals surface area contributed by atoms with E-state index in [1.165, 1.54) is 7.11 Å². The lowest BCUT2D eigenvalue weighted by Gasteiger charge is -2.41. The Kier molecular flexibility index (Phi) is 4.38. The molecule has 2 rings (SSSR count). The van der Waals surface area contributed by atoms with Gasteiger partial charge in [0.1, 0.15) is 6.04 Å². The third-order valence-corrected chi connectivity index (χ3v) is 3.88. The Morgan fingerprint density at radius 2 is 2.05 bits per heavy atom. The normalized spacial score (nSPS) is 24.1. The van der Waals surface area contributed by atoms with Crippen LogP contribution in [-0.4, -0.2) is 36.5 Å². The van der Waals surface area contributed by atoms with Gasteiger partial charge in [-0.2, -0.15) is 0 Å². The van der Waals surface area contributed by atoms with Gasteiger partial charge in [-0.15, -0.1) is 0 Å². The zero-order valence-electron chi connectivity index (χ0n) is 11.7. The Labute approximate surface area is 117 Å². The van der Waals surface area contributed by atoms with E-state index >= 15 is 0 Å². The smallest absolute Gasteiger partial charge is 0.323 e. The van der Waals surface area contributed by atoms with Crippen LogP contribution in [0.15, 0.2) is 30.3 Å². The van der Waals surface area contributed by atoms with Crippen LogP contribution < -0.4 is 0 Å². The van der Waals surface area contributed by atoms with Crippen molar-refractivity contribution in [2.75, 3.05) is 13.7 Å². The summed E-state index contributed by atoms with van der Waals surface area (Å²) in [6.45, 7) is 2.11. The molecule has 5 heteroatoms. The number of halogens is 2. The highest BCUT2D eigenvalue weighted by atomic mass is 19.3. The topological polar surface area (TPSA) is 29.5 Å². The maximum absolute atomic E-state index is 13.6. The van der Waals surface area contributed by atoms with Gasteiger partial charge in [0.15, 0.2) is 0 Å². The van der Waals surface area contributed by atoms with E-state index in [9.17, 15) is 13.6 Å². The van der Waals surface area contributed by atoms with Crippen LogP contribution in [0.5, 0.6) is 0 Å². The van der Waals surface area contributed by atoms with E-state index in [2.05, 4.69) is 4.74 Å². The zero-order chi connectivity index (χ0) is 14.8. The van der Waals surface area contributed by atoms with E-state index in [1.807, 2.05) is 37.3 Å². The maximum Gasteiger partial charge on any atom is 0.323 e. The minimum Gasteiger partial charge on any atom is -0.468 e. The fourth-order valence-electron chi connectivity index (χ4n) is 2.69. The number of carbonyl (C=O) groups is 1. The fraction of sp³-hybridized carbons (Fsp3) is 0.533. The quantitative estimate of drug-likeness (QED) is 0.799. The summed E-state index contributed by atoms with van der Waals surface area (Å²) in [5, 5.41) is 0. The Hall–Kier alpha value is -1.49. The van der Waals surface area contributed by atoms with Gasteiger partial charge in [0.05, 0.1) is 7.11 Å². The number of rotatable bonds is 3. The summed E-state index contributed by atoms with van der Waals surface area (Å²) < 4.78 is 31.8. The van der Waals surface area contributed by atoms with Crippen molar-refractivity contribution in [3.63, 3.8) is 0 Å². The number of methoxy groups -OCH3 is 1. The van der Waals surface area contributed by atoms with Crippen LogP contribution in [0.2, 0.25) is 0 Å². The molecule has 0 radical (unpaired) electrons. The van der Waals surface area contributed by atoms with Crippen LogP contribution in [0, 0.1) is 0 Å². The highest BCUT2D eigenvalue weighted by molar-refractivity contribution is 5.76. The van der Waals surface area contributed by atoms with Gasteiger partial charge in [-0.1, -0.05) is 30.3 Å². The molecule has 0 aromatic heterocycles. The van der Waals surface area contributed by atoms with Gasteiger partial charge in [-0.05, 0) is 12.5 Å². The summed E-state index contributed by atoms with van der Waals surface area (Å²) in [5.41, 5.74) is 1.01. The molecule has 0 unspecified atom stereocenters. The number of likely N-dealkylation sites (tertiary alicyclic amines) is 1. The molecule has 1 aliphatic heterocycles. The first-order chi connectivity index (χ1) is 9.44. The van der Waals surface area contributed by atoms with E-state index in [-0.39, 0.29) is 19.0 Å². The van der Waals surface area contributed by atoms with E-state index in [0.717, 1.165) is 5.56 Å². The first-order valence-corrected chi connectivity index (χ1v) is 6.71. The Morgan fingerprint density at radius 1 is 1.40 bits per heavy atom. The minimum atomic E-state index is -2.80. The molecule has 2 atom stereocenters. The third kappa shape index (κ3) is 3.15. The summed E-state index contributed by atoms with van der Waals surface area (Å²) in [6, 6.07) is 8.58.